The third-order valence-corrected chi connectivity index (χ3v) is 6.04. The lowest BCUT2D eigenvalue weighted by Gasteiger charge is -2.26. The number of amides is 1. The molecule has 1 aliphatic heterocycles. The normalized spacial score (nSPS) is 20.6. The van der Waals surface area contributed by atoms with Gasteiger partial charge in [-0.1, -0.05) is 32.1 Å². The number of likely N-dealkylation sites (tertiary alicyclic amines) is 1. The first-order chi connectivity index (χ1) is 14.8. The fraction of sp³-hybridized carbons (Fsp3) is 0.875. The Kier molecular flexibility index (Phi) is 10.6. The maximum atomic E-state index is 12.7. The van der Waals surface area contributed by atoms with Gasteiger partial charge >= 0.3 is 5.97 Å². The fourth-order valence-electron chi connectivity index (χ4n) is 4.42. The molecule has 2 fully saturated rings. The van der Waals surface area contributed by atoms with Gasteiger partial charge in [-0.2, -0.15) is 0 Å². The van der Waals surface area contributed by atoms with Crippen LogP contribution in [-0.2, 0) is 14.3 Å². The van der Waals surface area contributed by atoms with Crippen LogP contribution in [0.25, 0.3) is 0 Å². The van der Waals surface area contributed by atoms with Crippen molar-refractivity contribution in [2.24, 2.45) is 10.9 Å². The molecule has 1 saturated heterocycles. The Morgan fingerprint density at radius 1 is 1.03 bits per heavy atom. The molecule has 2 rings (SSSR count). The minimum atomic E-state index is -0.399. The first-order valence-corrected chi connectivity index (χ1v) is 12.3. The standard InChI is InChI=1S/C24H44N4O3/c1-24(2,3)31-21(29)14-10-5-6-11-16-26-23(25-4)27-20-15-17-28(18-20)22(30)19-12-8-7-9-13-19/h19-20H,5-18H2,1-4H3,(H2,25,26,27). The van der Waals surface area contributed by atoms with Crippen molar-refractivity contribution in [1.29, 1.82) is 0 Å². The molecule has 0 aromatic carbocycles. The number of rotatable bonds is 9. The highest BCUT2D eigenvalue weighted by Crippen LogP contribution is 2.26. The van der Waals surface area contributed by atoms with E-state index < -0.39 is 5.60 Å². The van der Waals surface area contributed by atoms with Crippen molar-refractivity contribution in [3.05, 3.63) is 0 Å². The Hall–Kier alpha value is -1.79. The molecule has 1 amide bonds. The number of carbonyl (C=O) groups is 2. The van der Waals surface area contributed by atoms with Crippen LogP contribution >= 0.6 is 0 Å². The van der Waals surface area contributed by atoms with E-state index in [1.807, 2.05) is 25.7 Å². The van der Waals surface area contributed by atoms with E-state index in [0.717, 1.165) is 70.5 Å². The van der Waals surface area contributed by atoms with Gasteiger partial charge in [-0.15, -0.1) is 0 Å². The van der Waals surface area contributed by atoms with Crippen molar-refractivity contribution in [3.8, 4) is 0 Å². The van der Waals surface area contributed by atoms with Crippen LogP contribution in [0.3, 0.4) is 0 Å². The van der Waals surface area contributed by atoms with Crippen molar-refractivity contribution < 1.29 is 14.3 Å². The first kappa shape index (κ1) is 25.5. The van der Waals surface area contributed by atoms with Crippen LogP contribution < -0.4 is 10.6 Å². The van der Waals surface area contributed by atoms with Gasteiger partial charge in [0.25, 0.3) is 0 Å². The lowest BCUT2D eigenvalue weighted by atomic mass is 9.88. The van der Waals surface area contributed by atoms with Gasteiger partial charge in [0.05, 0.1) is 0 Å². The summed E-state index contributed by atoms with van der Waals surface area (Å²) in [6, 6.07) is 0.271. The third kappa shape index (κ3) is 9.92. The monoisotopic (exact) mass is 436 g/mol. The molecule has 0 spiro atoms. The second-order valence-corrected chi connectivity index (χ2v) is 10.00. The molecule has 2 aliphatic rings. The quantitative estimate of drug-likeness (QED) is 0.250. The van der Waals surface area contributed by atoms with Crippen molar-refractivity contribution >= 4 is 17.8 Å². The predicted octanol–water partition coefficient (Wildman–Crippen LogP) is 3.62. The summed E-state index contributed by atoms with van der Waals surface area (Å²) >= 11 is 0. The summed E-state index contributed by atoms with van der Waals surface area (Å²) in [4.78, 5) is 30.8. The third-order valence-electron chi connectivity index (χ3n) is 6.04. The highest BCUT2D eigenvalue weighted by molar-refractivity contribution is 5.81. The van der Waals surface area contributed by atoms with E-state index in [4.69, 9.17) is 4.74 Å². The van der Waals surface area contributed by atoms with E-state index in [9.17, 15) is 9.59 Å². The smallest absolute Gasteiger partial charge is 0.306 e. The molecular weight excluding hydrogens is 392 g/mol. The van der Waals surface area contributed by atoms with Gasteiger partial charge in [0, 0.05) is 45.1 Å². The number of nitrogens with zero attached hydrogens (tertiary/aromatic N) is 2. The molecule has 1 aliphatic carbocycles. The lowest BCUT2D eigenvalue weighted by molar-refractivity contribution is -0.154. The zero-order chi connectivity index (χ0) is 22.7. The molecule has 1 heterocycles. The summed E-state index contributed by atoms with van der Waals surface area (Å²) in [5.74, 6) is 1.31. The lowest BCUT2D eigenvalue weighted by Crippen LogP contribution is -2.45. The number of nitrogens with one attached hydrogen (secondary N) is 2. The SMILES string of the molecule is CN=C(NCCCCCCC(=O)OC(C)(C)C)NC1CCN(C(=O)C2CCCCC2)C1. The van der Waals surface area contributed by atoms with E-state index in [1.54, 1.807) is 7.05 Å². The summed E-state index contributed by atoms with van der Waals surface area (Å²) in [5, 5.41) is 6.85. The number of hydrogen-bond acceptors (Lipinski definition) is 4. The fourth-order valence-corrected chi connectivity index (χ4v) is 4.42. The first-order valence-electron chi connectivity index (χ1n) is 12.3. The van der Waals surface area contributed by atoms with Gasteiger partial charge in [0.1, 0.15) is 5.60 Å². The van der Waals surface area contributed by atoms with Crippen molar-refractivity contribution in [3.63, 3.8) is 0 Å². The van der Waals surface area contributed by atoms with Gasteiger partial charge in [-0.05, 0) is 52.9 Å². The zero-order valence-electron chi connectivity index (χ0n) is 20.2. The number of guanidine groups is 1. The van der Waals surface area contributed by atoms with Crippen LogP contribution in [0.15, 0.2) is 4.99 Å². The van der Waals surface area contributed by atoms with Gasteiger partial charge in [0.2, 0.25) is 5.91 Å². The number of unbranched alkanes of at least 4 members (excludes halogenated alkanes) is 3. The molecule has 0 aromatic rings. The van der Waals surface area contributed by atoms with Crippen molar-refractivity contribution in [2.45, 2.75) is 103 Å². The highest BCUT2D eigenvalue weighted by Gasteiger charge is 2.31. The van der Waals surface area contributed by atoms with Crippen LogP contribution in [0.1, 0.15) is 91.4 Å². The minimum absolute atomic E-state index is 0.109. The maximum Gasteiger partial charge on any atom is 0.306 e. The topological polar surface area (TPSA) is 83.0 Å². The molecule has 7 nitrogen and oxygen atoms in total. The van der Waals surface area contributed by atoms with E-state index in [2.05, 4.69) is 15.6 Å². The number of ether oxygens (including phenoxy) is 1. The van der Waals surface area contributed by atoms with E-state index in [1.165, 1.54) is 19.3 Å². The highest BCUT2D eigenvalue weighted by atomic mass is 16.6. The van der Waals surface area contributed by atoms with Crippen LogP contribution in [0, 0.1) is 5.92 Å². The van der Waals surface area contributed by atoms with Crippen molar-refractivity contribution in [1.82, 2.24) is 15.5 Å². The Labute approximate surface area is 188 Å². The van der Waals surface area contributed by atoms with Crippen LogP contribution in [-0.4, -0.2) is 61.1 Å². The van der Waals surface area contributed by atoms with Gasteiger partial charge in [0.15, 0.2) is 5.96 Å². The molecule has 1 atom stereocenters. The van der Waals surface area contributed by atoms with Gasteiger partial charge in [-0.3, -0.25) is 14.6 Å². The van der Waals surface area contributed by atoms with Crippen LogP contribution in [0.5, 0.6) is 0 Å². The Morgan fingerprint density at radius 2 is 1.74 bits per heavy atom. The Bertz CT molecular complexity index is 594. The summed E-state index contributed by atoms with van der Waals surface area (Å²) in [5.41, 5.74) is -0.399. The molecule has 0 aromatic heterocycles. The second-order valence-electron chi connectivity index (χ2n) is 10.00. The van der Waals surface area contributed by atoms with E-state index in [0.29, 0.717) is 12.3 Å². The molecule has 0 bridgehead atoms. The van der Waals surface area contributed by atoms with E-state index >= 15 is 0 Å². The van der Waals surface area contributed by atoms with E-state index in [-0.39, 0.29) is 17.9 Å². The summed E-state index contributed by atoms with van der Waals surface area (Å²) in [6.07, 6.45) is 11.3. The summed E-state index contributed by atoms with van der Waals surface area (Å²) in [6.45, 7) is 8.17. The summed E-state index contributed by atoms with van der Waals surface area (Å²) in [7, 11) is 1.79. The predicted molar refractivity (Wildman–Crippen MR) is 125 cm³/mol. The van der Waals surface area contributed by atoms with Crippen LogP contribution in [0.2, 0.25) is 0 Å². The number of aliphatic imine (C=N–C) groups is 1. The largest absolute Gasteiger partial charge is 0.460 e. The molecule has 2 N–H and O–H groups in total. The second kappa shape index (κ2) is 12.9. The minimum Gasteiger partial charge on any atom is -0.460 e. The molecule has 1 unspecified atom stereocenters. The maximum absolute atomic E-state index is 12.7. The van der Waals surface area contributed by atoms with Crippen molar-refractivity contribution in [2.75, 3.05) is 26.7 Å². The molecular formula is C24H44N4O3. The molecule has 178 valence electrons. The molecule has 7 heteroatoms. The van der Waals surface area contributed by atoms with Gasteiger partial charge in [-0.25, -0.2) is 0 Å². The Balaban J connectivity index is 1.55. The zero-order valence-corrected chi connectivity index (χ0v) is 20.2. The van der Waals surface area contributed by atoms with Crippen LogP contribution in [0.4, 0.5) is 0 Å². The number of esters is 1. The molecule has 31 heavy (non-hydrogen) atoms. The summed E-state index contributed by atoms with van der Waals surface area (Å²) < 4.78 is 5.33. The Morgan fingerprint density at radius 3 is 2.42 bits per heavy atom. The average Bonchev–Trinajstić information content (AvgIpc) is 3.19. The number of carbonyl (C=O) groups excluding carboxylic acids is 2. The van der Waals surface area contributed by atoms with Gasteiger partial charge < -0.3 is 20.3 Å². The average molecular weight is 437 g/mol. The molecule has 1 saturated carbocycles. The molecule has 0 radical (unpaired) electrons. The number of hydrogen-bond donors (Lipinski definition) is 2.